The lowest BCUT2D eigenvalue weighted by Crippen LogP contribution is -2.35. The van der Waals surface area contributed by atoms with Gasteiger partial charge in [0, 0.05) is 38.1 Å². The highest BCUT2D eigenvalue weighted by Gasteiger charge is 2.27. The molecule has 6 heteroatoms. The van der Waals surface area contributed by atoms with Crippen molar-refractivity contribution in [2.45, 2.75) is 50.6 Å². The molecule has 0 bridgehead atoms. The Kier molecular flexibility index (Phi) is 4.65. The largest absolute Gasteiger partial charge is 0.349 e. The Morgan fingerprint density at radius 1 is 1.26 bits per heavy atom. The van der Waals surface area contributed by atoms with Crippen LogP contribution < -0.4 is 5.73 Å². The van der Waals surface area contributed by atoms with Crippen LogP contribution in [0.4, 0.5) is 0 Å². The Hall–Kier alpha value is -0.850. The monoisotopic (exact) mass is 285 g/mol. The summed E-state index contributed by atoms with van der Waals surface area (Å²) >= 11 is 0. The molecule has 0 radical (unpaired) electrons. The first-order valence-corrected chi connectivity index (χ1v) is 8.43. The van der Waals surface area contributed by atoms with Gasteiger partial charge in [0.25, 0.3) is 0 Å². The smallest absolute Gasteiger partial charge is 0.244 e. The van der Waals surface area contributed by atoms with E-state index in [9.17, 15) is 8.42 Å². The minimum absolute atomic E-state index is 0.371. The summed E-state index contributed by atoms with van der Waals surface area (Å²) in [6.07, 6.45) is 5.73. The van der Waals surface area contributed by atoms with Crippen LogP contribution in [0.5, 0.6) is 0 Å². The third-order valence-electron chi connectivity index (χ3n) is 3.59. The van der Waals surface area contributed by atoms with Gasteiger partial charge in [0.2, 0.25) is 10.0 Å². The lowest BCUT2D eigenvalue weighted by Gasteiger charge is -2.25. The number of aryl methyl sites for hydroxylation is 1. The minimum atomic E-state index is -3.34. The molecular weight excluding hydrogens is 262 g/mol. The maximum Gasteiger partial charge on any atom is 0.244 e. The molecule has 1 aromatic heterocycles. The van der Waals surface area contributed by atoms with Crippen molar-refractivity contribution in [1.82, 2.24) is 8.87 Å². The Labute approximate surface area is 115 Å². The summed E-state index contributed by atoms with van der Waals surface area (Å²) in [7, 11) is -3.34. The van der Waals surface area contributed by atoms with Crippen molar-refractivity contribution in [3.8, 4) is 0 Å². The van der Waals surface area contributed by atoms with E-state index in [0.29, 0.717) is 24.5 Å². The molecule has 2 N–H and O–H groups in total. The summed E-state index contributed by atoms with van der Waals surface area (Å²) in [4.78, 5) is 0.392. The van der Waals surface area contributed by atoms with Gasteiger partial charge in [-0.2, -0.15) is 4.31 Å². The fourth-order valence-corrected chi connectivity index (χ4v) is 4.12. The van der Waals surface area contributed by atoms with Crippen LogP contribution in [0.25, 0.3) is 0 Å². The van der Waals surface area contributed by atoms with Crippen LogP contribution in [0.3, 0.4) is 0 Å². The van der Waals surface area contributed by atoms with Crippen LogP contribution in [0, 0.1) is 0 Å². The van der Waals surface area contributed by atoms with Gasteiger partial charge in [0.05, 0.1) is 0 Å². The van der Waals surface area contributed by atoms with Gasteiger partial charge in [-0.05, 0) is 25.3 Å². The first kappa shape index (κ1) is 14.6. The zero-order valence-corrected chi connectivity index (χ0v) is 12.3. The van der Waals surface area contributed by atoms with Gasteiger partial charge in [-0.1, -0.05) is 13.3 Å². The fourth-order valence-electron chi connectivity index (χ4n) is 2.54. The summed E-state index contributed by atoms with van der Waals surface area (Å²) in [5.41, 5.74) is 6.57. The maximum absolute atomic E-state index is 12.5. The Bertz CT molecular complexity index is 516. The van der Waals surface area contributed by atoms with Crippen molar-refractivity contribution in [3.63, 3.8) is 0 Å². The number of hydrogen-bond donors (Lipinski definition) is 1. The Balaban J connectivity index is 2.29. The first-order chi connectivity index (χ1) is 9.09. The molecule has 19 heavy (non-hydrogen) atoms. The molecule has 2 rings (SSSR count). The fraction of sp³-hybridized carbons (Fsp3) is 0.692. The molecule has 0 aliphatic carbocycles. The highest BCUT2D eigenvalue weighted by atomic mass is 32.2. The SMILES string of the molecule is CCCn1cc(S(=O)(=O)N2CCCCC2)cc1CN. The molecule has 108 valence electrons. The Morgan fingerprint density at radius 3 is 2.53 bits per heavy atom. The van der Waals surface area contributed by atoms with E-state index in [1.807, 2.05) is 4.57 Å². The van der Waals surface area contributed by atoms with Crippen molar-refractivity contribution in [2.75, 3.05) is 13.1 Å². The third kappa shape index (κ3) is 3.01. The van der Waals surface area contributed by atoms with Crippen LogP contribution in [0.15, 0.2) is 17.2 Å². The van der Waals surface area contributed by atoms with E-state index >= 15 is 0 Å². The second-order valence-corrected chi connectivity index (χ2v) is 6.97. The second-order valence-electron chi connectivity index (χ2n) is 5.03. The molecule has 0 aromatic carbocycles. The van der Waals surface area contributed by atoms with Crippen LogP contribution in [-0.4, -0.2) is 30.4 Å². The van der Waals surface area contributed by atoms with Crippen LogP contribution in [-0.2, 0) is 23.1 Å². The number of rotatable bonds is 5. The van der Waals surface area contributed by atoms with Gasteiger partial charge < -0.3 is 10.3 Å². The molecule has 0 saturated carbocycles. The maximum atomic E-state index is 12.5. The van der Waals surface area contributed by atoms with Gasteiger partial charge in [-0.3, -0.25) is 0 Å². The molecule has 1 fully saturated rings. The first-order valence-electron chi connectivity index (χ1n) is 6.99. The lowest BCUT2D eigenvalue weighted by molar-refractivity contribution is 0.346. The minimum Gasteiger partial charge on any atom is -0.349 e. The average molecular weight is 285 g/mol. The van der Waals surface area contributed by atoms with E-state index in [2.05, 4.69) is 6.92 Å². The zero-order valence-electron chi connectivity index (χ0n) is 11.5. The summed E-state index contributed by atoms with van der Waals surface area (Å²) in [6, 6.07) is 1.72. The summed E-state index contributed by atoms with van der Waals surface area (Å²) < 4.78 is 28.6. The molecule has 1 aromatic rings. The number of nitrogens with two attached hydrogens (primary N) is 1. The third-order valence-corrected chi connectivity index (χ3v) is 5.45. The van der Waals surface area contributed by atoms with Gasteiger partial charge in [0.1, 0.15) is 4.90 Å². The highest BCUT2D eigenvalue weighted by Crippen LogP contribution is 2.22. The van der Waals surface area contributed by atoms with Gasteiger partial charge in [-0.15, -0.1) is 0 Å². The van der Waals surface area contributed by atoms with Crippen molar-refractivity contribution in [2.24, 2.45) is 5.73 Å². The predicted octanol–water partition coefficient (Wildman–Crippen LogP) is 1.53. The Morgan fingerprint density at radius 2 is 1.95 bits per heavy atom. The van der Waals surface area contributed by atoms with Gasteiger partial charge >= 0.3 is 0 Å². The lowest BCUT2D eigenvalue weighted by atomic mass is 10.2. The number of aromatic nitrogens is 1. The van der Waals surface area contributed by atoms with E-state index in [1.54, 1.807) is 16.6 Å². The topological polar surface area (TPSA) is 68.3 Å². The number of piperidine rings is 1. The molecule has 1 saturated heterocycles. The van der Waals surface area contributed by atoms with Crippen LogP contribution >= 0.6 is 0 Å². The van der Waals surface area contributed by atoms with E-state index in [-0.39, 0.29) is 0 Å². The number of nitrogens with zero attached hydrogens (tertiary/aromatic N) is 2. The van der Waals surface area contributed by atoms with Crippen LogP contribution in [0.1, 0.15) is 38.3 Å². The summed E-state index contributed by atoms with van der Waals surface area (Å²) in [6.45, 7) is 4.52. The molecule has 0 amide bonds. The molecule has 0 atom stereocenters. The second kappa shape index (κ2) is 6.07. The number of hydrogen-bond acceptors (Lipinski definition) is 3. The van der Waals surface area contributed by atoms with E-state index in [0.717, 1.165) is 37.9 Å². The standard InChI is InChI=1S/C13H23N3O2S/c1-2-6-15-11-13(9-12(15)10-14)19(17,18)16-7-4-3-5-8-16/h9,11H,2-8,10,14H2,1H3. The molecule has 0 unspecified atom stereocenters. The van der Waals surface area contributed by atoms with Gasteiger partial charge in [-0.25, -0.2) is 8.42 Å². The highest BCUT2D eigenvalue weighted by molar-refractivity contribution is 7.89. The summed E-state index contributed by atoms with van der Waals surface area (Å²) in [5, 5.41) is 0. The summed E-state index contributed by atoms with van der Waals surface area (Å²) in [5.74, 6) is 0. The van der Waals surface area contributed by atoms with E-state index in [4.69, 9.17) is 5.73 Å². The normalized spacial score (nSPS) is 17.8. The van der Waals surface area contributed by atoms with Crippen molar-refractivity contribution >= 4 is 10.0 Å². The van der Waals surface area contributed by atoms with Crippen LogP contribution in [0.2, 0.25) is 0 Å². The van der Waals surface area contributed by atoms with E-state index < -0.39 is 10.0 Å². The molecule has 5 nitrogen and oxygen atoms in total. The van der Waals surface area contributed by atoms with Gasteiger partial charge in [0.15, 0.2) is 0 Å². The molecule has 0 spiro atoms. The predicted molar refractivity (Wildman–Crippen MR) is 75.2 cm³/mol. The zero-order chi connectivity index (χ0) is 13.9. The van der Waals surface area contributed by atoms with E-state index in [1.165, 1.54) is 0 Å². The molecule has 1 aliphatic rings. The molecule has 2 heterocycles. The van der Waals surface area contributed by atoms with Crippen molar-refractivity contribution < 1.29 is 8.42 Å². The molecule has 1 aliphatic heterocycles. The average Bonchev–Trinajstić information content (AvgIpc) is 2.84. The molecular formula is C13H23N3O2S. The van der Waals surface area contributed by atoms with Crippen molar-refractivity contribution in [3.05, 3.63) is 18.0 Å². The van der Waals surface area contributed by atoms with Crippen molar-refractivity contribution in [1.29, 1.82) is 0 Å². The number of sulfonamides is 1. The quantitative estimate of drug-likeness (QED) is 0.892.